The molecule has 0 aliphatic heterocycles. The Kier molecular flexibility index (Phi) is 7.39. The predicted molar refractivity (Wildman–Crippen MR) is 105 cm³/mol. The molecule has 142 valence electrons. The smallest absolute Gasteiger partial charge is 0.338 e. The van der Waals surface area contributed by atoms with E-state index in [1.807, 2.05) is 46.8 Å². The van der Waals surface area contributed by atoms with Crippen molar-refractivity contribution in [3.8, 4) is 0 Å². The lowest BCUT2D eigenvalue weighted by molar-refractivity contribution is 0.0378. The summed E-state index contributed by atoms with van der Waals surface area (Å²) in [7, 11) is -1.17. The van der Waals surface area contributed by atoms with Crippen LogP contribution in [-0.4, -0.2) is 21.0 Å². The van der Waals surface area contributed by atoms with Gasteiger partial charge in [0.2, 0.25) is 0 Å². The van der Waals surface area contributed by atoms with Crippen molar-refractivity contribution in [2.45, 2.75) is 78.7 Å². The summed E-state index contributed by atoms with van der Waals surface area (Å²) in [5.41, 5.74) is 1.63. The number of carbonyl (C=O) groups excluding carboxylic acids is 1. The molecular formula is C20H33NO3S. The molecule has 0 aromatic heterocycles. The Morgan fingerprint density at radius 2 is 1.60 bits per heavy atom. The molecule has 4 nitrogen and oxygen atoms in total. The van der Waals surface area contributed by atoms with Gasteiger partial charge in [-0.25, -0.2) is 13.7 Å². The Balaban J connectivity index is 3.02. The van der Waals surface area contributed by atoms with Crippen molar-refractivity contribution in [1.29, 1.82) is 0 Å². The predicted octanol–water partition coefficient (Wildman–Crippen LogP) is 4.78. The second-order valence-corrected chi connectivity index (χ2v) is 10.9. The molecule has 2 atom stereocenters. The highest BCUT2D eigenvalue weighted by molar-refractivity contribution is 7.84. The minimum Gasteiger partial charge on any atom is -0.459 e. The highest BCUT2D eigenvalue weighted by atomic mass is 32.2. The number of esters is 1. The molecule has 25 heavy (non-hydrogen) atoms. The first-order valence-corrected chi connectivity index (χ1v) is 9.93. The van der Waals surface area contributed by atoms with Crippen LogP contribution in [0.25, 0.3) is 0 Å². The molecule has 1 aromatic rings. The van der Waals surface area contributed by atoms with Crippen LogP contribution >= 0.6 is 0 Å². The van der Waals surface area contributed by atoms with Gasteiger partial charge in [-0.2, -0.15) is 0 Å². The number of carbonyl (C=O) groups is 1. The van der Waals surface area contributed by atoms with E-state index in [0.29, 0.717) is 5.56 Å². The molecule has 0 radical (unpaired) electrons. The number of ether oxygens (including phenoxy) is 1. The van der Waals surface area contributed by atoms with E-state index in [4.69, 9.17) is 4.74 Å². The first-order chi connectivity index (χ1) is 11.3. The van der Waals surface area contributed by atoms with Crippen LogP contribution in [0.4, 0.5) is 0 Å². The maximum atomic E-state index is 12.6. The lowest BCUT2D eigenvalue weighted by atomic mass is 9.86. The largest absolute Gasteiger partial charge is 0.459 e. The fourth-order valence-electron chi connectivity index (χ4n) is 2.28. The number of rotatable bonds is 6. The van der Waals surface area contributed by atoms with Crippen molar-refractivity contribution in [2.24, 2.45) is 5.41 Å². The molecule has 1 N–H and O–H groups in total. The van der Waals surface area contributed by atoms with Crippen molar-refractivity contribution in [3.63, 3.8) is 0 Å². The zero-order valence-electron chi connectivity index (χ0n) is 16.8. The molecule has 5 heteroatoms. The molecule has 0 heterocycles. The lowest BCUT2D eigenvalue weighted by Gasteiger charge is -2.29. The van der Waals surface area contributed by atoms with Crippen LogP contribution in [0.15, 0.2) is 24.3 Å². The lowest BCUT2D eigenvalue weighted by Crippen LogP contribution is -2.37. The fourth-order valence-corrected chi connectivity index (χ4v) is 3.11. The minimum absolute atomic E-state index is 0.0461. The summed E-state index contributed by atoms with van der Waals surface area (Å²) in [6.45, 7) is 16.0. The minimum atomic E-state index is -1.17. The van der Waals surface area contributed by atoms with Crippen LogP contribution in [0.1, 0.15) is 83.8 Å². The van der Waals surface area contributed by atoms with Crippen molar-refractivity contribution >= 4 is 17.0 Å². The van der Waals surface area contributed by atoms with E-state index in [0.717, 1.165) is 12.0 Å². The molecule has 0 saturated carbocycles. The van der Waals surface area contributed by atoms with E-state index < -0.39 is 11.0 Å². The molecule has 0 aliphatic rings. The van der Waals surface area contributed by atoms with E-state index >= 15 is 0 Å². The van der Waals surface area contributed by atoms with Crippen LogP contribution in [0, 0.1) is 5.41 Å². The molecular weight excluding hydrogens is 334 g/mol. The zero-order chi connectivity index (χ0) is 19.4. The normalized spacial score (nSPS) is 15.1. The molecule has 0 bridgehead atoms. The summed E-state index contributed by atoms with van der Waals surface area (Å²) in [6, 6.07) is 7.34. The number of benzene rings is 1. The van der Waals surface area contributed by atoms with E-state index in [1.165, 1.54) is 0 Å². The summed E-state index contributed by atoms with van der Waals surface area (Å²) >= 11 is 0. The Morgan fingerprint density at radius 3 is 2.00 bits per heavy atom. The molecule has 0 unspecified atom stereocenters. The number of nitrogens with one attached hydrogen (secondary N) is 1. The van der Waals surface area contributed by atoms with Crippen molar-refractivity contribution < 1.29 is 13.7 Å². The second kappa shape index (κ2) is 8.45. The maximum Gasteiger partial charge on any atom is 0.338 e. The van der Waals surface area contributed by atoms with Gasteiger partial charge in [0.25, 0.3) is 0 Å². The second-order valence-electron chi connectivity index (χ2n) is 8.89. The van der Waals surface area contributed by atoms with Gasteiger partial charge in [-0.1, -0.05) is 32.9 Å². The summed E-state index contributed by atoms with van der Waals surface area (Å²) in [6.07, 6.45) is 0.696. The third-order valence-electron chi connectivity index (χ3n) is 3.51. The van der Waals surface area contributed by atoms with Gasteiger partial charge < -0.3 is 4.74 Å². The third-order valence-corrected chi connectivity index (χ3v) is 5.12. The molecule has 1 rings (SSSR count). The molecule has 1 aromatic carbocycles. The van der Waals surface area contributed by atoms with E-state index in [1.54, 1.807) is 12.1 Å². The van der Waals surface area contributed by atoms with Gasteiger partial charge in [-0.3, -0.25) is 0 Å². The Labute approximate surface area is 155 Å². The van der Waals surface area contributed by atoms with Crippen LogP contribution in [-0.2, 0) is 15.7 Å². The highest BCUT2D eigenvalue weighted by Gasteiger charge is 2.27. The number of hydrogen-bond acceptors (Lipinski definition) is 3. The standard InChI is InChI=1S/C20H33NO3S/c1-14(2)24-18(22)16-11-9-15(10-12-16)17(13-19(3,4)5)21-25(23)20(6,7)8/h9-12,14,17,21H,13H2,1-8H3/t17-,25-/m0/s1. The first-order valence-electron chi connectivity index (χ1n) is 8.78. The summed E-state index contributed by atoms with van der Waals surface area (Å²) < 4.78 is 20.7. The van der Waals surface area contributed by atoms with E-state index in [-0.39, 0.29) is 28.3 Å². The fraction of sp³-hybridized carbons (Fsp3) is 0.650. The van der Waals surface area contributed by atoms with Crippen molar-refractivity contribution in [3.05, 3.63) is 35.4 Å². The Hall–Kier alpha value is -1.20. The van der Waals surface area contributed by atoms with Gasteiger partial charge in [0.1, 0.15) is 0 Å². The molecule has 0 aliphatic carbocycles. The quantitative estimate of drug-likeness (QED) is 0.736. The van der Waals surface area contributed by atoms with Crippen LogP contribution < -0.4 is 4.72 Å². The SMILES string of the molecule is CC(C)OC(=O)c1ccc([C@H](CC(C)(C)C)N[S@@](=O)C(C)(C)C)cc1. The topological polar surface area (TPSA) is 55.4 Å². The van der Waals surface area contributed by atoms with Crippen LogP contribution in [0.5, 0.6) is 0 Å². The Morgan fingerprint density at radius 1 is 1.08 bits per heavy atom. The molecule has 0 fully saturated rings. The van der Waals surface area contributed by atoms with Gasteiger partial charge in [0.15, 0.2) is 0 Å². The summed E-state index contributed by atoms with van der Waals surface area (Å²) in [5.74, 6) is -0.319. The van der Waals surface area contributed by atoms with Gasteiger partial charge in [0, 0.05) is 6.04 Å². The average molecular weight is 368 g/mol. The van der Waals surface area contributed by atoms with Crippen LogP contribution in [0.2, 0.25) is 0 Å². The monoisotopic (exact) mass is 367 g/mol. The van der Waals surface area contributed by atoms with Crippen molar-refractivity contribution in [1.82, 2.24) is 4.72 Å². The highest BCUT2D eigenvalue weighted by Crippen LogP contribution is 2.31. The molecule has 0 saturated heterocycles. The van der Waals surface area contributed by atoms with Gasteiger partial charge in [-0.05, 0) is 64.2 Å². The van der Waals surface area contributed by atoms with Crippen LogP contribution in [0.3, 0.4) is 0 Å². The van der Waals surface area contributed by atoms with E-state index in [9.17, 15) is 9.00 Å². The average Bonchev–Trinajstić information content (AvgIpc) is 2.43. The zero-order valence-corrected chi connectivity index (χ0v) is 17.6. The van der Waals surface area contributed by atoms with Crippen molar-refractivity contribution in [2.75, 3.05) is 0 Å². The van der Waals surface area contributed by atoms with E-state index in [2.05, 4.69) is 25.5 Å². The summed E-state index contributed by atoms with van der Waals surface area (Å²) in [4.78, 5) is 12.0. The Bertz CT molecular complexity index is 595. The van der Waals surface area contributed by atoms with Gasteiger partial charge in [-0.15, -0.1) is 0 Å². The first kappa shape index (κ1) is 21.8. The molecule has 0 amide bonds. The third kappa shape index (κ3) is 7.70. The van der Waals surface area contributed by atoms with Gasteiger partial charge in [0.05, 0.1) is 27.4 Å². The number of hydrogen-bond donors (Lipinski definition) is 1. The van der Waals surface area contributed by atoms with Gasteiger partial charge >= 0.3 is 5.97 Å². The maximum absolute atomic E-state index is 12.6. The molecule has 0 spiro atoms. The summed E-state index contributed by atoms with van der Waals surface area (Å²) in [5, 5.41) is 0.